The predicted molar refractivity (Wildman–Crippen MR) is 100 cm³/mol. The summed E-state index contributed by atoms with van der Waals surface area (Å²) in [7, 11) is 0. The van der Waals surface area contributed by atoms with Gasteiger partial charge in [0.25, 0.3) is 0 Å². The van der Waals surface area contributed by atoms with Crippen LogP contribution in [0.2, 0.25) is 0 Å². The van der Waals surface area contributed by atoms with Gasteiger partial charge in [0.15, 0.2) is 17.2 Å². The van der Waals surface area contributed by atoms with E-state index in [1.54, 1.807) is 13.8 Å². The molecule has 7 heteroatoms. The van der Waals surface area contributed by atoms with Crippen LogP contribution in [0.25, 0.3) is 0 Å². The minimum atomic E-state index is -2.24. The molecule has 0 bridgehead atoms. The third-order valence-electron chi connectivity index (χ3n) is 8.78. The Kier molecular flexibility index (Phi) is 4.34. The first-order chi connectivity index (χ1) is 13.4. The zero-order valence-corrected chi connectivity index (χ0v) is 16.9. The summed E-state index contributed by atoms with van der Waals surface area (Å²) in [6, 6.07) is 0. The maximum atomic E-state index is 16.9. The largest absolute Gasteiger partial charge is 0.390 e. The molecular formula is C22H28F2O5. The average Bonchev–Trinajstić information content (AvgIpc) is 2.86. The number of rotatable bonds is 2. The van der Waals surface area contributed by atoms with E-state index >= 15 is 8.78 Å². The lowest BCUT2D eigenvalue weighted by atomic mass is 9.44. The second-order valence-corrected chi connectivity index (χ2v) is 9.84. The first kappa shape index (κ1) is 20.8. The van der Waals surface area contributed by atoms with Crippen molar-refractivity contribution in [2.45, 2.75) is 63.6 Å². The number of ketones is 2. The van der Waals surface area contributed by atoms with Crippen molar-refractivity contribution in [3.8, 4) is 0 Å². The molecule has 0 saturated heterocycles. The molecule has 0 aromatic rings. The number of aliphatic hydroxyl groups is 3. The highest BCUT2D eigenvalue weighted by Gasteiger charge is 2.76. The first-order valence-corrected chi connectivity index (χ1v) is 10.2. The maximum absolute atomic E-state index is 16.9. The number of aliphatic hydroxyl groups excluding tert-OH is 2. The lowest BCUT2D eigenvalue weighted by molar-refractivity contribution is -0.223. The van der Waals surface area contributed by atoms with Crippen molar-refractivity contribution in [3.63, 3.8) is 0 Å². The third-order valence-corrected chi connectivity index (χ3v) is 8.78. The molecule has 29 heavy (non-hydrogen) atoms. The van der Waals surface area contributed by atoms with Crippen molar-refractivity contribution < 1.29 is 33.7 Å². The summed E-state index contributed by atoms with van der Waals surface area (Å²) >= 11 is 0. The number of hydrogen-bond donors (Lipinski definition) is 3. The fourth-order valence-corrected chi connectivity index (χ4v) is 7.25. The van der Waals surface area contributed by atoms with Gasteiger partial charge in [0.2, 0.25) is 0 Å². The summed E-state index contributed by atoms with van der Waals surface area (Å²) < 4.78 is 32.1. The Morgan fingerprint density at radius 1 is 1.28 bits per heavy atom. The highest BCUT2D eigenvalue weighted by molar-refractivity contribution is 6.01. The molecular weight excluding hydrogens is 382 g/mol. The number of hydrogen-bond acceptors (Lipinski definition) is 5. The van der Waals surface area contributed by atoms with Crippen molar-refractivity contribution >= 4 is 11.6 Å². The monoisotopic (exact) mass is 410 g/mol. The minimum Gasteiger partial charge on any atom is -0.390 e. The molecule has 160 valence electrons. The molecule has 0 spiro atoms. The Morgan fingerprint density at radius 3 is 2.55 bits per heavy atom. The van der Waals surface area contributed by atoms with Gasteiger partial charge in [-0.3, -0.25) is 9.59 Å². The van der Waals surface area contributed by atoms with Crippen molar-refractivity contribution in [1.82, 2.24) is 0 Å². The zero-order valence-electron chi connectivity index (χ0n) is 16.9. The predicted octanol–water partition coefficient (Wildman–Crippen LogP) is 1.84. The molecule has 3 N–H and O–H groups in total. The van der Waals surface area contributed by atoms with Crippen LogP contribution in [0.3, 0.4) is 0 Å². The third kappa shape index (κ3) is 2.19. The quantitative estimate of drug-likeness (QED) is 0.646. The van der Waals surface area contributed by atoms with Crippen LogP contribution in [0, 0.1) is 28.6 Å². The summed E-state index contributed by atoms with van der Waals surface area (Å²) in [5.41, 5.74) is -6.81. The molecule has 9 atom stereocenters. The van der Waals surface area contributed by atoms with Crippen LogP contribution >= 0.6 is 0 Å². The van der Waals surface area contributed by atoms with Crippen molar-refractivity contribution in [3.05, 3.63) is 23.8 Å². The van der Waals surface area contributed by atoms with E-state index in [9.17, 15) is 24.9 Å². The van der Waals surface area contributed by atoms with E-state index in [0.717, 1.165) is 6.08 Å². The van der Waals surface area contributed by atoms with Crippen molar-refractivity contribution in [1.29, 1.82) is 0 Å². The van der Waals surface area contributed by atoms with Crippen molar-refractivity contribution in [2.24, 2.45) is 28.6 Å². The summed E-state index contributed by atoms with van der Waals surface area (Å²) in [4.78, 5) is 24.3. The Hall–Kier alpha value is -1.44. The van der Waals surface area contributed by atoms with Gasteiger partial charge in [0.05, 0.1) is 6.10 Å². The van der Waals surface area contributed by atoms with Gasteiger partial charge >= 0.3 is 0 Å². The van der Waals surface area contributed by atoms with E-state index in [4.69, 9.17) is 0 Å². The van der Waals surface area contributed by atoms with E-state index in [0.29, 0.717) is 0 Å². The Balaban J connectivity index is 1.87. The Labute approximate surface area is 168 Å². The van der Waals surface area contributed by atoms with Gasteiger partial charge in [-0.05, 0) is 55.7 Å². The van der Waals surface area contributed by atoms with Gasteiger partial charge in [0, 0.05) is 16.7 Å². The second kappa shape index (κ2) is 6.05. The molecule has 4 aliphatic carbocycles. The van der Waals surface area contributed by atoms with E-state index in [-0.39, 0.29) is 24.8 Å². The highest BCUT2D eigenvalue weighted by atomic mass is 19.1. The molecule has 0 aromatic heterocycles. The smallest absolute Gasteiger partial charge is 0.190 e. The molecule has 0 radical (unpaired) electrons. The van der Waals surface area contributed by atoms with Crippen LogP contribution in [0.15, 0.2) is 23.8 Å². The van der Waals surface area contributed by atoms with Gasteiger partial charge in [-0.1, -0.05) is 19.9 Å². The number of carbonyl (C=O) groups is 2. The van der Waals surface area contributed by atoms with Gasteiger partial charge in [0.1, 0.15) is 18.4 Å². The number of allylic oxidation sites excluding steroid dienone is 4. The Bertz CT molecular complexity index is 839. The highest BCUT2D eigenvalue weighted by Crippen LogP contribution is 2.70. The number of alkyl halides is 2. The topological polar surface area (TPSA) is 94.8 Å². The van der Waals surface area contributed by atoms with Crippen LogP contribution in [0.1, 0.15) is 40.0 Å². The molecule has 4 rings (SSSR count). The van der Waals surface area contributed by atoms with Crippen LogP contribution in [0.4, 0.5) is 8.78 Å². The molecule has 0 aliphatic heterocycles. The first-order valence-electron chi connectivity index (χ1n) is 10.2. The van der Waals surface area contributed by atoms with Gasteiger partial charge in [-0.2, -0.15) is 0 Å². The zero-order chi connectivity index (χ0) is 21.6. The standard InChI is InChI=1S/C22H28F2O5/c1-11-6-13-14-8-16(23)15-7-12(26)4-5-19(15,2)21(14,24)17(27)9-20(13,3)22(11,29)18(28)10-25/h4-5,7,11,13-14,16-17,25,27,29H,6,8-10H2,1-3H3/t11-,13+,14+,16+,17-,19+,20+,21+,22-/m1/s1. The molecule has 5 nitrogen and oxygen atoms in total. The summed E-state index contributed by atoms with van der Waals surface area (Å²) in [6.07, 6.45) is 0.427. The molecule has 0 amide bonds. The van der Waals surface area contributed by atoms with E-state index in [2.05, 4.69) is 0 Å². The fourth-order valence-electron chi connectivity index (χ4n) is 7.25. The molecule has 3 saturated carbocycles. The van der Waals surface area contributed by atoms with Crippen LogP contribution in [-0.2, 0) is 9.59 Å². The fraction of sp³-hybridized carbons (Fsp3) is 0.727. The number of Topliss-reactive ketones (excluding diaryl/α,β-unsaturated/α-hetero) is 1. The lowest BCUT2D eigenvalue weighted by Crippen LogP contribution is -2.70. The summed E-state index contributed by atoms with van der Waals surface area (Å²) in [5.74, 6) is -3.24. The van der Waals surface area contributed by atoms with Crippen LogP contribution < -0.4 is 0 Å². The van der Waals surface area contributed by atoms with Crippen LogP contribution in [0.5, 0.6) is 0 Å². The van der Waals surface area contributed by atoms with E-state index < -0.39 is 70.3 Å². The summed E-state index contributed by atoms with van der Waals surface area (Å²) in [5, 5.41) is 31.9. The number of fused-ring (bicyclic) bond motifs is 5. The number of carbonyl (C=O) groups excluding carboxylic acids is 2. The molecule has 3 fully saturated rings. The van der Waals surface area contributed by atoms with E-state index in [1.165, 1.54) is 19.1 Å². The SMILES string of the molecule is C[C@@H]1C[C@H]2[C@@H]3C[C@H](F)C4=CC(=O)C=C[C@]4(C)[C@@]3(F)[C@H](O)C[C@]2(C)[C@]1(O)C(=O)CO. The van der Waals surface area contributed by atoms with Gasteiger partial charge < -0.3 is 15.3 Å². The van der Waals surface area contributed by atoms with Crippen molar-refractivity contribution in [2.75, 3.05) is 6.61 Å². The van der Waals surface area contributed by atoms with Crippen LogP contribution in [-0.4, -0.2) is 57.0 Å². The summed E-state index contributed by atoms with van der Waals surface area (Å²) in [6.45, 7) is 3.96. The maximum Gasteiger partial charge on any atom is 0.190 e. The second-order valence-electron chi connectivity index (χ2n) is 9.84. The lowest BCUT2D eigenvalue weighted by Gasteiger charge is -2.63. The minimum absolute atomic E-state index is 0.0409. The molecule has 0 unspecified atom stereocenters. The molecule has 0 heterocycles. The average molecular weight is 410 g/mol. The number of halogens is 2. The molecule has 0 aromatic carbocycles. The molecule has 4 aliphatic rings. The van der Waals surface area contributed by atoms with Gasteiger partial charge in [-0.25, -0.2) is 8.78 Å². The van der Waals surface area contributed by atoms with Gasteiger partial charge in [-0.15, -0.1) is 0 Å². The Morgan fingerprint density at radius 2 is 1.93 bits per heavy atom. The van der Waals surface area contributed by atoms with E-state index in [1.807, 2.05) is 0 Å². The normalized spacial score (nSPS) is 53.7.